The van der Waals surface area contributed by atoms with Crippen LogP contribution in [-0.2, 0) is 10.0 Å². The third-order valence-electron chi connectivity index (χ3n) is 1.97. The second-order valence-corrected chi connectivity index (χ2v) is 4.53. The highest BCUT2D eigenvalue weighted by Crippen LogP contribution is 2.23. The van der Waals surface area contributed by atoms with Crippen molar-refractivity contribution in [1.29, 1.82) is 0 Å². The number of primary sulfonamides is 1. The monoisotopic (exact) mass is 211 g/mol. The molecule has 2 aromatic rings. The predicted molar refractivity (Wildman–Crippen MR) is 54.1 cm³/mol. The van der Waals surface area contributed by atoms with Gasteiger partial charge >= 0.3 is 0 Å². The number of fused-ring (bicyclic) bond motifs is 1. The maximum absolute atomic E-state index is 11.1. The standard InChI is InChI=1S/C8H9N3O2S/c9-5-1-2-6-7(3-5)11-4-8(6)14(10,12)13/h1-4,11H,9H2,(H2,10,12,13). The van der Waals surface area contributed by atoms with Crippen LogP contribution < -0.4 is 10.9 Å². The molecule has 5 N–H and O–H groups in total. The highest BCUT2D eigenvalue weighted by molar-refractivity contribution is 7.89. The summed E-state index contributed by atoms with van der Waals surface area (Å²) in [5, 5.41) is 5.58. The first kappa shape index (κ1) is 9.04. The number of hydrogen-bond acceptors (Lipinski definition) is 3. The van der Waals surface area contributed by atoms with Gasteiger partial charge in [0.15, 0.2) is 0 Å². The largest absolute Gasteiger partial charge is 0.399 e. The van der Waals surface area contributed by atoms with Gasteiger partial charge in [-0.1, -0.05) is 0 Å². The van der Waals surface area contributed by atoms with E-state index in [9.17, 15) is 8.42 Å². The number of nitrogens with two attached hydrogens (primary N) is 2. The van der Waals surface area contributed by atoms with Crippen molar-refractivity contribution in [2.24, 2.45) is 5.14 Å². The number of nitrogens with one attached hydrogen (secondary N) is 1. The van der Waals surface area contributed by atoms with Gasteiger partial charge in [-0.15, -0.1) is 0 Å². The third-order valence-corrected chi connectivity index (χ3v) is 2.93. The summed E-state index contributed by atoms with van der Waals surface area (Å²) in [6, 6.07) is 4.91. The van der Waals surface area contributed by atoms with Crippen molar-refractivity contribution in [3.63, 3.8) is 0 Å². The summed E-state index contributed by atoms with van der Waals surface area (Å²) in [4.78, 5) is 2.89. The Balaban J connectivity index is 2.83. The molecule has 0 aliphatic rings. The summed E-state index contributed by atoms with van der Waals surface area (Å²) in [6.07, 6.45) is 1.36. The SMILES string of the molecule is Nc1ccc2c(S(N)(=O)=O)c[nH]c2c1. The van der Waals surface area contributed by atoms with E-state index in [1.54, 1.807) is 18.2 Å². The number of aromatic nitrogens is 1. The van der Waals surface area contributed by atoms with Crippen LogP contribution in [0.4, 0.5) is 5.69 Å². The number of rotatable bonds is 1. The third kappa shape index (κ3) is 1.34. The van der Waals surface area contributed by atoms with E-state index in [1.807, 2.05) is 0 Å². The number of benzene rings is 1. The summed E-state index contributed by atoms with van der Waals surface area (Å²) in [6.45, 7) is 0. The lowest BCUT2D eigenvalue weighted by atomic mass is 10.2. The van der Waals surface area contributed by atoms with Crippen LogP contribution in [0.3, 0.4) is 0 Å². The van der Waals surface area contributed by atoms with Crippen LogP contribution in [0.1, 0.15) is 0 Å². The van der Waals surface area contributed by atoms with Gasteiger partial charge in [-0.25, -0.2) is 13.6 Å². The van der Waals surface area contributed by atoms with Crippen molar-refractivity contribution in [3.05, 3.63) is 24.4 Å². The first-order valence-electron chi connectivity index (χ1n) is 3.88. The van der Waals surface area contributed by atoms with Crippen LogP contribution in [0.2, 0.25) is 0 Å². The molecule has 0 saturated heterocycles. The lowest BCUT2D eigenvalue weighted by molar-refractivity contribution is 0.598. The first-order chi connectivity index (χ1) is 6.48. The van der Waals surface area contributed by atoms with Crippen molar-refractivity contribution in [1.82, 2.24) is 4.98 Å². The van der Waals surface area contributed by atoms with E-state index in [0.717, 1.165) is 0 Å². The summed E-state index contributed by atoms with van der Waals surface area (Å²) in [5.41, 5.74) is 6.77. The molecule has 0 atom stereocenters. The van der Waals surface area contributed by atoms with Crippen LogP contribution in [0, 0.1) is 0 Å². The lowest BCUT2D eigenvalue weighted by Crippen LogP contribution is -2.11. The zero-order chi connectivity index (χ0) is 10.3. The van der Waals surface area contributed by atoms with Crippen molar-refractivity contribution < 1.29 is 8.42 Å². The van der Waals surface area contributed by atoms with Crippen molar-refractivity contribution in [3.8, 4) is 0 Å². The maximum atomic E-state index is 11.1. The minimum atomic E-state index is -3.67. The average molecular weight is 211 g/mol. The van der Waals surface area contributed by atoms with Gasteiger partial charge in [-0.05, 0) is 18.2 Å². The minimum Gasteiger partial charge on any atom is -0.399 e. The molecule has 14 heavy (non-hydrogen) atoms. The molecule has 0 spiro atoms. The molecule has 0 unspecified atom stereocenters. The van der Waals surface area contributed by atoms with Crippen molar-refractivity contribution >= 4 is 26.6 Å². The van der Waals surface area contributed by atoms with Crippen LogP contribution >= 0.6 is 0 Å². The van der Waals surface area contributed by atoms with Gasteiger partial charge in [0.05, 0.1) is 0 Å². The Morgan fingerprint density at radius 2 is 2.00 bits per heavy atom. The molecule has 0 bridgehead atoms. The molecule has 1 aromatic heterocycles. The molecule has 1 aromatic carbocycles. The van der Waals surface area contributed by atoms with Gasteiger partial charge in [0.2, 0.25) is 10.0 Å². The summed E-state index contributed by atoms with van der Waals surface area (Å²) >= 11 is 0. The van der Waals surface area contributed by atoms with E-state index in [1.165, 1.54) is 6.20 Å². The van der Waals surface area contributed by atoms with Gasteiger partial charge in [0.1, 0.15) is 4.90 Å². The quantitative estimate of drug-likeness (QED) is 0.595. The van der Waals surface area contributed by atoms with Gasteiger partial charge in [0, 0.05) is 22.8 Å². The summed E-state index contributed by atoms with van der Waals surface area (Å²) < 4.78 is 22.2. The molecule has 0 amide bonds. The molecule has 5 nitrogen and oxygen atoms in total. The molecule has 0 radical (unpaired) electrons. The lowest BCUT2D eigenvalue weighted by Gasteiger charge is -1.95. The molecule has 74 valence electrons. The zero-order valence-corrected chi connectivity index (χ0v) is 8.01. The fourth-order valence-electron chi connectivity index (χ4n) is 1.35. The number of H-pyrrole nitrogens is 1. The summed E-state index contributed by atoms with van der Waals surface area (Å²) in [7, 11) is -3.67. The van der Waals surface area contributed by atoms with Crippen LogP contribution in [0.5, 0.6) is 0 Å². The van der Waals surface area contributed by atoms with E-state index in [-0.39, 0.29) is 4.90 Å². The molecule has 0 fully saturated rings. The topological polar surface area (TPSA) is 102 Å². The number of aromatic amines is 1. The highest BCUT2D eigenvalue weighted by atomic mass is 32.2. The van der Waals surface area contributed by atoms with Gasteiger partial charge in [-0.3, -0.25) is 0 Å². The second kappa shape index (κ2) is 2.73. The van der Waals surface area contributed by atoms with E-state index in [2.05, 4.69) is 4.98 Å². The van der Waals surface area contributed by atoms with Crippen LogP contribution in [-0.4, -0.2) is 13.4 Å². The Hall–Kier alpha value is -1.53. The Morgan fingerprint density at radius 1 is 1.29 bits per heavy atom. The average Bonchev–Trinajstić information content (AvgIpc) is 2.45. The molecule has 0 aliphatic carbocycles. The van der Waals surface area contributed by atoms with Crippen LogP contribution in [0.15, 0.2) is 29.3 Å². The number of anilines is 1. The van der Waals surface area contributed by atoms with Crippen LogP contribution in [0.25, 0.3) is 10.9 Å². The molecule has 2 rings (SSSR count). The Kier molecular flexibility index (Phi) is 1.76. The van der Waals surface area contributed by atoms with E-state index < -0.39 is 10.0 Å². The first-order valence-corrected chi connectivity index (χ1v) is 5.42. The molecule has 0 aliphatic heterocycles. The maximum Gasteiger partial charge on any atom is 0.240 e. The second-order valence-electron chi connectivity index (χ2n) is 3.00. The van der Waals surface area contributed by atoms with Gasteiger partial charge in [0.25, 0.3) is 0 Å². The molecule has 6 heteroatoms. The molecule has 0 saturated carbocycles. The zero-order valence-electron chi connectivity index (χ0n) is 7.19. The number of nitrogen functional groups attached to an aromatic ring is 1. The fourth-order valence-corrected chi connectivity index (χ4v) is 2.06. The Morgan fingerprint density at radius 3 is 2.64 bits per heavy atom. The van der Waals surface area contributed by atoms with E-state index in [4.69, 9.17) is 10.9 Å². The summed E-state index contributed by atoms with van der Waals surface area (Å²) in [5.74, 6) is 0. The molecular weight excluding hydrogens is 202 g/mol. The smallest absolute Gasteiger partial charge is 0.240 e. The minimum absolute atomic E-state index is 0.0903. The highest BCUT2D eigenvalue weighted by Gasteiger charge is 2.13. The van der Waals surface area contributed by atoms with E-state index >= 15 is 0 Å². The van der Waals surface area contributed by atoms with Gasteiger partial charge < -0.3 is 10.7 Å². The van der Waals surface area contributed by atoms with Gasteiger partial charge in [-0.2, -0.15) is 0 Å². The Bertz CT molecular complexity index is 586. The van der Waals surface area contributed by atoms with E-state index in [0.29, 0.717) is 16.6 Å². The Labute approximate surface area is 80.8 Å². The number of hydrogen-bond donors (Lipinski definition) is 3. The number of sulfonamides is 1. The predicted octanol–water partition coefficient (Wildman–Crippen LogP) is 0.397. The van der Waals surface area contributed by atoms with Crippen molar-refractivity contribution in [2.75, 3.05) is 5.73 Å². The fraction of sp³-hybridized carbons (Fsp3) is 0. The van der Waals surface area contributed by atoms with Crippen molar-refractivity contribution in [2.45, 2.75) is 4.90 Å². The molecule has 1 heterocycles. The molecular formula is C8H9N3O2S. The normalized spacial score (nSPS) is 12.1.